The van der Waals surface area contributed by atoms with E-state index in [0.29, 0.717) is 0 Å². The van der Waals surface area contributed by atoms with E-state index < -0.39 is 13.5 Å². The first-order chi connectivity index (χ1) is 16.0. The molecule has 2 aromatic rings. The van der Waals surface area contributed by atoms with Crippen LogP contribution >= 0.6 is 7.59 Å². The maximum Gasteiger partial charge on any atom is 0.312 e. The van der Waals surface area contributed by atoms with Gasteiger partial charge in [-0.2, -0.15) is 0 Å². The normalized spacial score (nSPS) is 24.3. The third-order valence-electron chi connectivity index (χ3n) is 6.91. The van der Waals surface area contributed by atoms with Crippen LogP contribution in [-0.2, 0) is 9.36 Å². The Kier molecular flexibility index (Phi) is 7.20. The van der Waals surface area contributed by atoms with Gasteiger partial charge in [0.1, 0.15) is 6.54 Å². The minimum atomic E-state index is -3.55. The summed E-state index contributed by atoms with van der Waals surface area (Å²) in [4.78, 5) is 15.5. The number of benzene rings is 2. The van der Waals surface area contributed by atoms with Gasteiger partial charge in [0.15, 0.2) is 0 Å². The quantitative estimate of drug-likeness (QED) is 0.235. The molecular weight excluding hydrogens is 435 g/mol. The molecule has 1 N–H and O–H groups in total. The lowest BCUT2D eigenvalue weighted by Crippen LogP contribution is -2.41. The number of fused-ring (bicyclic) bond motifs is 1. The van der Waals surface area contributed by atoms with Gasteiger partial charge in [-0.1, -0.05) is 78.6 Å². The van der Waals surface area contributed by atoms with Crippen LogP contribution in [0.2, 0.25) is 0 Å². The molecular formula is C24H31N6O2P. The zero-order valence-corrected chi connectivity index (χ0v) is 20.0. The van der Waals surface area contributed by atoms with E-state index in [-0.39, 0.29) is 30.7 Å². The summed E-state index contributed by atoms with van der Waals surface area (Å²) in [6, 6.07) is 19.8. The van der Waals surface area contributed by atoms with E-state index in [1.54, 1.807) is 0 Å². The van der Waals surface area contributed by atoms with Crippen molar-refractivity contribution >= 4 is 13.5 Å². The van der Waals surface area contributed by atoms with Crippen molar-refractivity contribution in [1.29, 1.82) is 0 Å². The first-order valence-electron chi connectivity index (χ1n) is 11.6. The van der Waals surface area contributed by atoms with E-state index in [2.05, 4.69) is 38.3 Å². The predicted molar refractivity (Wildman–Crippen MR) is 129 cm³/mol. The first kappa shape index (κ1) is 23.5. The Bertz CT molecular complexity index is 994. The summed E-state index contributed by atoms with van der Waals surface area (Å²) in [5.74, 6) is -0.523. The molecule has 2 fully saturated rings. The van der Waals surface area contributed by atoms with E-state index in [1.807, 2.05) is 60.7 Å². The number of hydrogen-bond acceptors (Lipinski definition) is 3. The predicted octanol–water partition coefficient (Wildman–Crippen LogP) is 5.97. The van der Waals surface area contributed by atoms with Gasteiger partial charge in [0.05, 0.1) is 0 Å². The summed E-state index contributed by atoms with van der Waals surface area (Å²) in [5, 5.41) is 6.25. The highest BCUT2D eigenvalue weighted by molar-refractivity contribution is 7.58. The van der Waals surface area contributed by atoms with E-state index in [4.69, 9.17) is 5.53 Å². The molecule has 33 heavy (non-hydrogen) atoms. The fourth-order valence-corrected chi connectivity index (χ4v) is 8.87. The maximum atomic E-state index is 15.0. The molecule has 8 nitrogen and oxygen atoms in total. The molecule has 1 saturated carbocycles. The Morgan fingerprint density at radius 3 is 1.88 bits per heavy atom. The number of nitrogens with one attached hydrogen (secondary N) is 1. The van der Waals surface area contributed by atoms with Crippen molar-refractivity contribution < 1.29 is 9.36 Å². The van der Waals surface area contributed by atoms with E-state index in [1.165, 1.54) is 0 Å². The van der Waals surface area contributed by atoms with Gasteiger partial charge in [0.25, 0.3) is 0 Å². The average molecular weight is 467 g/mol. The molecule has 0 spiro atoms. The second kappa shape index (κ2) is 10.1. The molecule has 174 valence electrons. The highest BCUT2D eigenvalue weighted by atomic mass is 31.2. The van der Waals surface area contributed by atoms with Crippen LogP contribution in [0.4, 0.5) is 0 Å². The summed E-state index contributed by atoms with van der Waals surface area (Å²) in [6.07, 6.45) is 3.99. The fraction of sp³-hybridized carbons (Fsp3) is 0.458. The molecule has 9 heteroatoms. The monoisotopic (exact) mass is 466 g/mol. The minimum absolute atomic E-state index is 0.0609. The minimum Gasteiger partial charge on any atom is -0.283 e. The SMILES string of the molecule is C[C@H](c1ccccc1)N1[C@@H]2CCCC[C@H]2N([C@H](C)c2ccccc2)P1(=O)NC(=O)CN=[N+]=[N-]. The van der Waals surface area contributed by atoms with Crippen molar-refractivity contribution in [3.8, 4) is 0 Å². The number of azide groups is 1. The van der Waals surface area contributed by atoms with Crippen molar-refractivity contribution in [2.75, 3.05) is 6.54 Å². The summed E-state index contributed by atoms with van der Waals surface area (Å²) in [7, 11) is -3.55. The Balaban J connectivity index is 1.81. The molecule has 1 saturated heterocycles. The van der Waals surface area contributed by atoms with Crippen LogP contribution in [-0.4, -0.2) is 33.9 Å². The number of nitrogens with zero attached hydrogens (tertiary/aromatic N) is 5. The van der Waals surface area contributed by atoms with Gasteiger partial charge >= 0.3 is 7.59 Å². The molecule has 0 unspecified atom stereocenters. The Morgan fingerprint density at radius 2 is 1.45 bits per heavy atom. The second-order valence-corrected chi connectivity index (χ2v) is 11.1. The van der Waals surface area contributed by atoms with Gasteiger partial charge in [0.2, 0.25) is 5.91 Å². The zero-order valence-electron chi connectivity index (χ0n) is 19.1. The van der Waals surface area contributed by atoms with E-state index in [0.717, 1.165) is 36.8 Å². The fourth-order valence-electron chi connectivity index (χ4n) is 5.45. The number of carbonyl (C=O) groups excluding carboxylic acids is 1. The summed E-state index contributed by atoms with van der Waals surface area (Å²) in [6.45, 7) is 3.74. The summed E-state index contributed by atoms with van der Waals surface area (Å²) >= 11 is 0. The highest BCUT2D eigenvalue weighted by Gasteiger charge is 2.59. The van der Waals surface area contributed by atoms with Crippen LogP contribution in [0.15, 0.2) is 65.8 Å². The molecule has 2 aromatic carbocycles. The topological polar surface area (TPSA) is 101 Å². The molecule has 1 aliphatic heterocycles. The standard InChI is InChI=1S/C24H31N6O2P/c1-18(20-11-5-3-6-12-20)29-22-15-9-10-16-23(22)30(19(2)21-13-7-4-8-14-21)33(29,32)27-24(31)17-26-28-25/h3-8,11-14,18-19,22-23H,9-10,15-17H2,1-2H3,(H,27,31,32)/t18-,19-,22-,23-/m1/s1. The van der Waals surface area contributed by atoms with Gasteiger partial charge in [0, 0.05) is 29.1 Å². The molecule has 2 aliphatic rings. The Morgan fingerprint density at radius 1 is 1.00 bits per heavy atom. The lowest BCUT2D eigenvalue weighted by Gasteiger charge is -2.38. The Labute approximate surface area is 195 Å². The first-order valence-corrected chi connectivity index (χ1v) is 13.2. The van der Waals surface area contributed by atoms with Crippen molar-refractivity contribution in [3.63, 3.8) is 0 Å². The van der Waals surface area contributed by atoms with E-state index >= 15 is 4.57 Å². The van der Waals surface area contributed by atoms with Gasteiger partial charge in [-0.05, 0) is 43.3 Å². The largest absolute Gasteiger partial charge is 0.312 e. The maximum absolute atomic E-state index is 15.0. The second-order valence-electron chi connectivity index (χ2n) is 8.82. The van der Waals surface area contributed by atoms with Crippen LogP contribution in [0.25, 0.3) is 10.4 Å². The van der Waals surface area contributed by atoms with Gasteiger partial charge in [-0.25, -0.2) is 9.34 Å². The van der Waals surface area contributed by atoms with Crippen LogP contribution in [0.5, 0.6) is 0 Å². The third kappa shape index (κ3) is 4.57. The van der Waals surface area contributed by atoms with Gasteiger partial charge in [-0.3, -0.25) is 14.4 Å². The zero-order chi connectivity index (χ0) is 23.4. The average Bonchev–Trinajstić information content (AvgIpc) is 3.10. The lowest BCUT2D eigenvalue weighted by molar-refractivity contribution is -0.118. The summed E-state index contributed by atoms with van der Waals surface area (Å²) in [5.41, 5.74) is 10.8. The molecule has 1 aliphatic carbocycles. The highest BCUT2D eigenvalue weighted by Crippen LogP contribution is 2.66. The Hall–Kier alpha value is -2.63. The number of rotatable bonds is 7. The number of amides is 1. The lowest BCUT2D eigenvalue weighted by atomic mass is 9.88. The van der Waals surface area contributed by atoms with Crippen LogP contribution in [0.3, 0.4) is 0 Å². The molecule has 0 bridgehead atoms. The van der Waals surface area contributed by atoms with Gasteiger partial charge in [-0.15, -0.1) is 0 Å². The smallest absolute Gasteiger partial charge is 0.283 e. The van der Waals surface area contributed by atoms with Crippen molar-refractivity contribution in [3.05, 3.63) is 82.2 Å². The van der Waals surface area contributed by atoms with Crippen LogP contribution in [0.1, 0.15) is 62.7 Å². The molecule has 1 amide bonds. The number of carbonyl (C=O) groups is 1. The number of hydrogen-bond donors (Lipinski definition) is 1. The molecule has 4 rings (SSSR count). The third-order valence-corrected chi connectivity index (χ3v) is 9.98. The molecule has 4 atom stereocenters. The van der Waals surface area contributed by atoms with Crippen molar-refractivity contribution in [2.24, 2.45) is 5.11 Å². The van der Waals surface area contributed by atoms with E-state index in [9.17, 15) is 4.79 Å². The van der Waals surface area contributed by atoms with Crippen molar-refractivity contribution in [2.45, 2.75) is 63.7 Å². The van der Waals surface area contributed by atoms with Gasteiger partial charge < -0.3 is 0 Å². The molecule has 0 aromatic heterocycles. The molecule has 0 radical (unpaired) electrons. The van der Waals surface area contributed by atoms with Crippen LogP contribution < -0.4 is 5.09 Å². The van der Waals surface area contributed by atoms with Crippen molar-refractivity contribution in [1.82, 2.24) is 14.4 Å². The molecule has 1 heterocycles. The van der Waals surface area contributed by atoms with Crippen LogP contribution in [0, 0.1) is 0 Å². The summed E-state index contributed by atoms with van der Waals surface area (Å²) < 4.78 is 19.1.